The number of hydrogen-bond acceptors (Lipinski definition) is 5. The summed E-state index contributed by atoms with van der Waals surface area (Å²) in [5.41, 5.74) is 0.00259. The van der Waals surface area contributed by atoms with Gasteiger partial charge in [0, 0.05) is 18.0 Å². The molecule has 0 unspecified atom stereocenters. The van der Waals surface area contributed by atoms with Crippen LogP contribution in [0.25, 0.3) is 0 Å². The summed E-state index contributed by atoms with van der Waals surface area (Å²) in [6, 6.07) is 0. The van der Waals surface area contributed by atoms with Gasteiger partial charge in [-0.25, -0.2) is 9.97 Å². The minimum atomic E-state index is -1.25. The van der Waals surface area contributed by atoms with Crippen LogP contribution >= 0.6 is 11.8 Å². The summed E-state index contributed by atoms with van der Waals surface area (Å²) < 4.78 is 0. The molecule has 58 valence electrons. The van der Waals surface area contributed by atoms with Gasteiger partial charge in [0.25, 0.3) is 0 Å². The van der Waals surface area contributed by atoms with Crippen molar-refractivity contribution >= 4 is 17.7 Å². The first kappa shape index (κ1) is 11.9. The molecular formula is C6H5N2NaO2S. The summed E-state index contributed by atoms with van der Waals surface area (Å²) in [6.45, 7) is 0. The van der Waals surface area contributed by atoms with E-state index in [9.17, 15) is 9.90 Å². The van der Waals surface area contributed by atoms with Gasteiger partial charge >= 0.3 is 29.6 Å². The predicted octanol–water partition coefficient (Wildman–Crippen LogP) is -3.43. The molecule has 0 saturated carbocycles. The first-order valence-corrected chi connectivity index (χ1v) is 4.04. The molecule has 0 N–H and O–H groups in total. The Bertz CT molecular complexity index is 265. The third-order valence-electron chi connectivity index (χ3n) is 1.05. The molecule has 4 nitrogen and oxygen atoms in total. The van der Waals surface area contributed by atoms with Gasteiger partial charge in [0.1, 0.15) is 0 Å². The van der Waals surface area contributed by atoms with Gasteiger partial charge in [0.05, 0.1) is 5.97 Å². The van der Waals surface area contributed by atoms with Crippen molar-refractivity contribution < 1.29 is 39.5 Å². The van der Waals surface area contributed by atoms with Crippen molar-refractivity contribution in [1.82, 2.24) is 9.97 Å². The van der Waals surface area contributed by atoms with Gasteiger partial charge in [0.15, 0.2) is 5.16 Å². The summed E-state index contributed by atoms with van der Waals surface area (Å²) in [7, 11) is 0. The number of aromatic carboxylic acids is 1. The van der Waals surface area contributed by atoms with Crippen molar-refractivity contribution in [2.75, 3.05) is 6.26 Å². The number of hydrogen-bond donors (Lipinski definition) is 0. The molecule has 1 aromatic heterocycles. The topological polar surface area (TPSA) is 65.9 Å². The van der Waals surface area contributed by atoms with Crippen molar-refractivity contribution in [2.24, 2.45) is 0 Å². The van der Waals surface area contributed by atoms with Crippen LogP contribution < -0.4 is 34.7 Å². The number of carbonyl (C=O) groups is 1. The van der Waals surface area contributed by atoms with Crippen molar-refractivity contribution in [3.63, 3.8) is 0 Å². The molecule has 0 aromatic carbocycles. The molecule has 0 aliphatic rings. The number of thioether (sulfide) groups is 1. The van der Waals surface area contributed by atoms with Gasteiger partial charge in [-0.05, 0) is 6.26 Å². The Morgan fingerprint density at radius 2 is 2.00 bits per heavy atom. The van der Waals surface area contributed by atoms with Gasteiger partial charge in [0.2, 0.25) is 0 Å². The molecule has 1 aromatic rings. The zero-order chi connectivity index (χ0) is 8.27. The fourth-order valence-corrected chi connectivity index (χ4v) is 0.843. The van der Waals surface area contributed by atoms with Crippen LogP contribution in [0.5, 0.6) is 0 Å². The normalized spacial score (nSPS) is 8.75. The average Bonchev–Trinajstić information content (AvgIpc) is 2.05. The average molecular weight is 192 g/mol. The van der Waals surface area contributed by atoms with E-state index >= 15 is 0 Å². The van der Waals surface area contributed by atoms with Crippen molar-refractivity contribution in [3.05, 3.63) is 18.0 Å². The monoisotopic (exact) mass is 192 g/mol. The van der Waals surface area contributed by atoms with Gasteiger partial charge < -0.3 is 9.90 Å². The van der Waals surface area contributed by atoms with E-state index in [1.165, 1.54) is 24.2 Å². The fraction of sp³-hybridized carbons (Fsp3) is 0.167. The summed E-state index contributed by atoms with van der Waals surface area (Å²) in [4.78, 5) is 17.7. The second kappa shape index (κ2) is 5.53. The summed E-state index contributed by atoms with van der Waals surface area (Å²) in [5.74, 6) is -1.25. The van der Waals surface area contributed by atoms with Crippen LogP contribution in [0.3, 0.4) is 0 Å². The van der Waals surface area contributed by atoms with E-state index < -0.39 is 5.97 Å². The molecule has 1 rings (SSSR count). The molecule has 0 aliphatic heterocycles. The summed E-state index contributed by atoms with van der Waals surface area (Å²) in [6.07, 6.45) is 4.27. The quantitative estimate of drug-likeness (QED) is 0.277. The van der Waals surface area contributed by atoms with Crippen LogP contribution in [-0.4, -0.2) is 22.2 Å². The van der Waals surface area contributed by atoms with E-state index in [1.807, 2.05) is 6.26 Å². The molecule has 0 fully saturated rings. The van der Waals surface area contributed by atoms with Crippen LogP contribution in [-0.2, 0) is 0 Å². The first-order chi connectivity index (χ1) is 5.24. The Morgan fingerprint density at radius 1 is 1.50 bits per heavy atom. The van der Waals surface area contributed by atoms with Gasteiger partial charge in [-0.2, -0.15) is 0 Å². The minimum absolute atomic E-state index is 0. The van der Waals surface area contributed by atoms with Gasteiger partial charge in [-0.1, -0.05) is 11.8 Å². The van der Waals surface area contributed by atoms with Gasteiger partial charge in [-0.15, -0.1) is 0 Å². The maximum atomic E-state index is 10.2. The van der Waals surface area contributed by atoms with Crippen LogP contribution in [0.15, 0.2) is 17.6 Å². The molecule has 0 spiro atoms. The van der Waals surface area contributed by atoms with E-state index in [0.29, 0.717) is 5.16 Å². The second-order valence-electron chi connectivity index (χ2n) is 1.75. The van der Waals surface area contributed by atoms with E-state index in [-0.39, 0.29) is 35.1 Å². The predicted molar refractivity (Wildman–Crippen MR) is 38.1 cm³/mol. The van der Waals surface area contributed by atoms with E-state index in [4.69, 9.17) is 0 Å². The smallest absolute Gasteiger partial charge is 0.545 e. The van der Waals surface area contributed by atoms with E-state index in [0.717, 1.165) is 0 Å². The fourth-order valence-electron chi connectivity index (χ4n) is 0.527. The van der Waals surface area contributed by atoms with Crippen LogP contribution in [0, 0.1) is 0 Å². The number of carbonyl (C=O) groups excluding carboxylic acids is 1. The van der Waals surface area contributed by atoms with Crippen LogP contribution in [0.4, 0.5) is 0 Å². The van der Waals surface area contributed by atoms with Crippen LogP contribution in [0.1, 0.15) is 10.4 Å². The van der Waals surface area contributed by atoms with Crippen molar-refractivity contribution in [2.45, 2.75) is 5.16 Å². The molecule has 0 atom stereocenters. The maximum absolute atomic E-state index is 10.2. The minimum Gasteiger partial charge on any atom is -0.545 e. The molecule has 12 heavy (non-hydrogen) atoms. The molecule has 1 heterocycles. The standard InChI is InChI=1S/C6H6N2O2S.Na/c1-11-6-7-2-4(3-8-6)5(9)10;/h2-3H,1H3,(H,9,10);/q;+1/p-1. The number of rotatable bonds is 2. The molecule has 0 saturated heterocycles. The van der Waals surface area contributed by atoms with Gasteiger partial charge in [-0.3, -0.25) is 0 Å². The van der Waals surface area contributed by atoms with Crippen molar-refractivity contribution in [1.29, 1.82) is 0 Å². The molecule has 6 heteroatoms. The number of nitrogens with zero attached hydrogens (tertiary/aromatic N) is 2. The Hall–Kier alpha value is -0.100. The molecule has 0 bridgehead atoms. The summed E-state index contributed by atoms with van der Waals surface area (Å²) in [5, 5.41) is 10.8. The Kier molecular flexibility index (Phi) is 5.48. The third-order valence-corrected chi connectivity index (χ3v) is 1.62. The number of carboxylic acids is 1. The van der Waals surface area contributed by atoms with Crippen molar-refractivity contribution in [3.8, 4) is 0 Å². The Balaban J connectivity index is 0.00000121. The zero-order valence-electron chi connectivity index (χ0n) is 6.77. The first-order valence-electron chi connectivity index (χ1n) is 2.81. The third kappa shape index (κ3) is 3.10. The zero-order valence-corrected chi connectivity index (χ0v) is 9.59. The molecule has 0 aliphatic carbocycles. The Labute approximate surface area is 96.1 Å². The van der Waals surface area contributed by atoms with E-state index in [1.54, 1.807) is 0 Å². The maximum Gasteiger partial charge on any atom is 1.00 e. The number of aromatic nitrogens is 2. The Morgan fingerprint density at radius 3 is 2.33 bits per heavy atom. The molecular weight excluding hydrogens is 187 g/mol. The molecule has 0 radical (unpaired) electrons. The molecule has 0 amide bonds. The number of carboxylic acid groups (broad SMARTS) is 1. The second-order valence-corrected chi connectivity index (χ2v) is 2.52. The van der Waals surface area contributed by atoms with E-state index in [2.05, 4.69) is 9.97 Å². The summed E-state index contributed by atoms with van der Waals surface area (Å²) >= 11 is 1.35. The largest absolute Gasteiger partial charge is 1.00 e. The van der Waals surface area contributed by atoms with Crippen LogP contribution in [0.2, 0.25) is 0 Å². The SMILES string of the molecule is CSc1ncc(C(=O)[O-])cn1.[Na+].